The first-order chi connectivity index (χ1) is 9.79. The zero-order chi connectivity index (χ0) is 13.9. The number of H-pyrrole nitrogens is 1. The van der Waals surface area contributed by atoms with E-state index in [9.17, 15) is 4.79 Å². The maximum Gasteiger partial charge on any atom is 0.354 e. The third-order valence-electron chi connectivity index (χ3n) is 3.24. The number of nitrogens with one attached hydrogen (secondary N) is 1. The molecule has 0 spiro atoms. The monoisotopic (exact) mass is 265 g/mol. The van der Waals surface area contributed by atoms with Crippen molar-refractivity contribution in [3.8, 4) is 11.1 Å². The number of rotatable bonds is 3. The van der Waals surface area contributed by atoms with Crippen LogP contribution in [-0.2, 0) is 4.74 Å². The Kier molecular flexibility index (Phi) is 3.25. The van der Waals surface area contributed by atoms with Crippen LogP contribution in [0.25, 0.3) is 22.0 Å². The lowest BCUT2D eigenvalue weighted by atomic mass is 10.0. The summed E-state index contributed by atoms with van der Waals surface area (Å²) in [5.74, 6) is -0.317. The van der Waals surface area contributed by atoms with E-state index >= 15 is 0 Å². The van der Waals surface area contributed by atoms with Crippen LogP contribution in [0.4, 0.5) is 0 Å². The van der Waals surface area contributed by atoms with E-state index in [1.54, 1.807) is 6.92 Å². The van der Waals surface area contributed by atoms with Crippen LogP contribution in [-0.4, -0.2) is 17.6 Å². The average molecular weight is 265 g/mol. The molecular weight excluding hydrogens is 250 g/mol. The number of carbonyl (C=O) groups is 1. The van der Waals surface area contributed by atoms with Crippen molar-refractivity contribution in [2.45, 2.75) is 6.92 Å². The molecule has 3 rings (SSSR count). The van der Waals surface area contributed by atoms with Gasteiger partial charge < -0.3 is 9.72 Å². The number of aromatic nitrogens is 1. The molecule has 0 unspecified atom stereocenters. The molecule has 3 aromatic rings. The van der Waals surface area contributed by atoms with Gasteiger partial charge in [0.15, 0.2) is 0 Å². The second kappa shape index (κ2) is 5.21. The molecule has 1 aromatic heterocycles. The van der Waals surface area contributed by atoms with Crippen LogP contribution in [0, 0.1) is 0 Å². The summed E-state index contributed by atoms with van der Waals surface area (Å²) in [7, 11) is 0. The average Bonchev–Trinajstić information content (AvgIpc) is 2.92. The molecule has 0 aliphatic rings. The van der Waals surface area contributed by atoms with Crippen LogP contribution in [0.15, 0.2) is 54.6 Å². The number of fused-ring (bicyclic) bond motifs is 1. The molecule has 1 heterocycles. The summed E-state index contributed by atoms with van der Waals surface area (Å²) in [5, 5.41) is 1.03. The van der Waals surface area contributed by atoms with Gasteiger partial charge in [0.25, 0.3) is 0 Å². The predicted molar refractivity (Wildman–Crippen MR) is 79.7 cm³/mol. The fourth-order valence-corrected chi connectivity index (χ4v) is 2.34. The lowest BCUT2D eigenvalue weighted by molar-refractivity contribution is 0.0520. The lowest BCUT2D eigenvalue weighted by Crippen LogP contribution is -2.04. The van der Waals surface area contributed by atoms with Crippen molar-refractivity contribution >= 4 is 16.9 Å². The first-order valence-corrected chi connectivity index (χ1v) is 6.64. The molecule has 0 amide bonds. The van der Waals surface area contributed by atoms with Gasteiger partial charge in [0.2, 0.25) is 0 Å². The summed E-state index contributed by atoms with van der Waals surface area (Å²) in [6, 6.07) is 18.0. The van der Waals surface area contributed by atoms with Crippen molar-refractivity contribution in [3.05, 3.63) is 60.3 Å². The van der Waals surface area contributed by atoms with Gasteiger partial charge in [0.1, 0.15) is 5.69 Å². The molecule has 2 aromatic carbocycles. The number of esters is 1. The number of ether oxygens (including phenoxy) is 1. The molecular formula is C17H15NO2. The van der Waals surface area contributed by atoms with E-state index in [1.807, 2.05) is 36.4 Å². The fourth-order valence-electron chi connectivity index (χ4n) is 2.34. The van der Waals surface area contributed by atoms with E-state index in [-0.39, 0.29) is 5.97 Å². The minimum absolute atomic E-state index is 0.317. The van der Waals surface area contributed by atoms with Gasteiger partial charge in [-0.1, -0.05) is 42.5 Å². The van der Waals surface area contributed by atoms with Crippen molar-refractivity contribution < 1.29 is 9.53 Å². The summed E-state index contributed by atoms with van der Waals surface area (Å²) in [4.78, 5) is 14.9. The Morgan fingerprint density at radius 3 is 2.65 bits per heavy atom. The molecule has 0 atom stereocenters. The highest BCUT2D eigenvalue weighted by atomic mass is 16.5. The van der Waals surface area contributed by atoms with E-state index in [0.29, 0.717) is 12.3 Å². The molecule has 0 saturated carbocycles. The van der Waals surface area contributed by atoms with E-state index in [4.69, 9.17) is 4.74 Å². The van der Waals surface area contributed by atoms with Crippen LogP contribution in [0.2, 0.25) is 0 Å². The molecule has 20 heavy (non-hydrogen) atoms. The highest BCUT2D eigenvalue weighted by Crippen LogP contribution is 2.29. The Morgan fingerprint density at radius 1 is 1.10 bits per heavy atom. The third-order valence-corrected chi connectivity index (χ3v) is 3.24. The van der Waals surface area contributed by atoms with Gasteiger partial charge in [-0.2, -0.15) is 0 Å². The zero-order valence-corrected chi connectivity index (χ0v) is 11.2. The third kappa shape index (κ3) is 2.18. The van der Waals surface area contributed by atoms with E-state index < -0.39 is 0 Å². The summed E-state index contributed by atoms with van der Waals surface area (Å²) in [5.41, 5.74) is 3.67. The van der Waals surface area contributed by atoms with Gasteiger partial charge in [-0.15, -0.1) is 0 Å². The van der Waals surface area contributed by atoms with Crippen molar-refractivity contribution in [2.75, 3.05) is 6.61 Å². The molecule has 100 valence electrons. The Balaban J connectivity index is 2.13. The van der Waals surface area contributed by atoms with Crippen LogP contribution in [0.3, 0.4) is 0 Å². The highest BCUT2D eigenvalue weighted by Gasteiger charge is 2.12. The van der Waals surface area contributed by atoms with Gasteiger partial charge >= 0.3 is 5.97 Å². The van der Waals surface area contributed by atoms with E-state index in [1.165, 1.54) is 0 Å². The molecule has 0 fully saturated rings. The molecule has 0 aliphatic heterocycles. The quantitative estimate of drug-likeness (QED) is 0.727. The fraction of sp³-hybridized carbons (Fsp3) is 0.118. The van der Waals surface area contributed by atoms with Crippen LogP contribution in [0.1, 0.15) is 17.4 Å². The number of hydrogen-bond acceptors (Lipinski definition) is 2. The largest absolute Gasteiger partial charge is 0.461 e. The van der Waals surface area contributed by atoms with Crippen molar-refractivity contribution in [1.82, 2.24) is 4.98 Å². The molecule has 0 saturated heterocycles. The highest BCUT2D eigenvalue weighted by molar-refractivity contribution is 6.01. The second-order valence-corrected chi connectivity index (χ2v) is 4.54. The maximum absolute atomic E-state index is 11.8. The molecule has 3 heteroatoms. The maximum atomic E-state index is 11.8. The number of carbonyl (C=O) groups excluding carboxylic acids is 1. The van der Waals surface area contributed by atoms with Crippen molar-refractivity contribution in [1.29, 1.82) is 0 Å². The minimum Gasteiger partial charge on any atom is -0.461 e. The van der Waals surface area contributed by atoms with Gasteiger partial charge in [-0.25, -0.2) is 4.79 Å². The Labute approximate surface area is 117 Å². The van der Waals surface area contributed by atoms with Gasteiger partial charge in [0, 0.05) is 10.9 Å². The molecule has 0 bridgehead atoms. The Hall–Kier alpha value is -2.55. The van der Waals surface area contributed by atoms with Gasteiger partial charge in [-0.05, 0) is 30.2 Å². The standard InChI is InChI=1S/C17H15NO2/c1-2-20-17(19)16-11-14-13(9-6-10-15(14)18-16)12-7-4-3-5-8-12/h3-11,18H,2H2,1H3. The molecule has 0 aliphatic carbocycles. The van der Waals surface area contributed by atoms with E-state index in [0.717, 1.165) is 22.0 Å². The molecule has 1 N–H and O–H groups in total. The number of benzene rings is 2. The Bertz CT molecular complexity index is 744. The summed E-state index contributed by atoms with van der Waals surface area (Å²) in [6.07, 6.45) is 0. The molecule has 3 nitrogen and oxygen atoms in total. The summed E-state index contributed by atoms with van der Waals surface area (Å²) in [6.45, 7) is 2.18. The summed E-state index contributed by atoms with van der Waals surface area (Å²) >= 11 is 0. The Morgan fingerprint density at radius 2 is 1.90 bits per heavy atom. The van der Waals surface area contributed by atoms with Gasteiger partial charge in [-0.3, -0.25) is 0 Å². The van der Waals surface area contributed by atoms with Crippen molar-refractivity contribution in [3.63, 3.8) is 0 Å². The zero-order valence-electron chi connectivity index (χ0n) is 11.2. The topological polar surface area (TPSA) is 42.1 Å². The van der Waals surface area contributed by atoms with Crippen LogP contribution < -0.4 is 0 Å². The SMILES string of the molecule is CCOC(=O)c1cc2c(-c3ccccc3)cccc2[nH]1. The predicted octanol–water partition coefficient (Wildman–Crippen LogP) is 4.01. The summed E-state index contributed by atoms with van der Waals surface area (Å²) < 4.78 is 5.03. The number of aromatic amines is 1. The lowest BCUT2D eigenvalue weighted by Gasteiger charge is -2.02. The normalized spacial score (nSPS) is 10.7. The van der Waals surface area contributed by atoms with Crippen molar-refractivity contribution in [2.24, 2.45) is 0 Å². The first-order valence-electron chi connectivity index (χ1n) is 6.64. The van der Waals surface area contributed by atoms with E-state index in [2.05, 4.69) is 23.2 Å². The second-order valence-electron chi connectivity index (χ2n) is 4.54. The van der Waals surface area contributed by atoms with Gasteiger partial charge in [0.05, 0.1) is 6.61 Å². The smallest absolute Gasteiger partial charge is 0.354 e. The van der Waals surface area contributed by atoms with Crippen LogP contribution >= 0.6 is 0 Å². The first kappa shape index (κ1) is 12.5. The molecule has 0 radical (unpaired) electrons. The minimum atomic E-state index is -0.317. The van der Waals surface area contributed by atoms with Crippen LogP contribution in [0.5, 0.6) is 0 Å². The number of hydrogen-bond donors (Lipinski definition) is 1.